The molecule has 2 aliphatic heterocycles. The summed E-state index contributed by atoms with van der Waals surface area (Å²) in [6.07, 6.45) is 7.81. The average Bonchev–Trinajstić information content (AvgIpc) is 3.03. The Labute approximate surface area is 189 Å². The highest BCUT2D eigenvalue weighted by atomic mass is 16.8. The zero-order valence-electron chi connectivity index (χ0n) is 19.7. The predicted molar refractivity (Wildman–Crippen MR) is 120 cm³/mol. The topological polar surface area (TPSA) is 83.5 Å². The minimum atomic E-state index is -0.672. The number of benzene rings is 1. The molecule has 1 fully saturated rings. The van der Waals surface area contributed by atoms with Gasteiger partial charge in [0, 0.05) is 25.0 Å². The van der Waals surface area contributed by atoms with Gasteiger partial charge in [0.2, 0.25) is 0 Å². The fourth-order valence-corrected chi connectivity index (χ4v) is 3.98. The summed E-state index contributed by atoms with van der Waals surface area (Å²) in [7, 11) is 1.48. The van der Waals surface area contributed by atoms with Gasteiger partial charge in [0.1, 0.15) is 23.2 Å². The van der Waals surface area contributed by atoms with Crippen molar-refractivity contribution in [3.8, 4) is 11.5 Å². The Kier molecular flexibility index (Phi) is 7.64. The molecule has 0 aliphatic carbocycles. The van der Waals surface area contributed by atoms with Gasteiger partial charge in [0.05, 0.1) is 12.2 Å². The van der Waals surface area contributed by atoms with E-state index < -0.39 is 11.8 Å². The Morgan fingerprint density at radius 1 is 1.12 bits per heavy atom. The fourth-order valence-electron chi connectivity index (χ4n) is 3.98. The maximum absolute atomic E-state index is 13.1. The van der Waals surface area contributed by atoms with Crippen LogP contribution in [0, 0.1) is 11.8 Å². The molecule has 32 heavy (non-hydrogen) atoms. The predicted octanol–water partition coefficient (Wildman–Crippen LogP) is 4.69. The zero-order chi connectivity index (χ0) is 23.5. The van der Waals surface area contributed by atoms with Gasteiger partial charge in [-0.05, 0) is 38.8 Å². The summed E-state index contributed by atoms with van der Waals surface area (Å²) in [5.74, 6) is -0.911. The highest BCUT2D eigenvalue weighted by molar-refractivity contribution is 5.97. The number of hydrogen-bond acceptors (Lipinski definition) is 7. The van der Waals surface area contributed by atoms with Crippen LogP contribution in [0.4, 0.5) is 0 Å². The number of aromatic hydroxyl groups is 1. The van der Waals surface area contributed by atoms with E-state index in [1.54, 1.807) is 6.08 Å². The lowest BCUT2D eigenvalue weighted by atomic mass is 9.94. The van der Waals surface area contributed by atoms with E-state index in [0.717, 1.165) is 0 Å². The van der Waals surface area contributed by atoms with E-state index in [1.807, 2.05) is 33.8 Å². The van der Waals surface area contributed by atoms with Crippen LogP contribution >= 0.6 is 0 Å². The molecule has 0 bridgehead atoms. The second-order valence-corrected chi connectivity index (χ2v) is 8.95. The number of hydrogen-bond donors (Lipinski definition) is 1. The SMILES string of the molecule is COCOc1cc(O)cc2c1C(=O)OC(C)[C@H](C)/C=C\C(C)C1OC(C)(C)OC1C/C=C/2. The number of ether oxygens (including phenoxy) is 5. The summed E-state index contributed by atoms with van der Waals surface area (Å²) in [5.41, 5.74) is 0.737. The van der Waals surface area contributed by atoms with E-state index in [1.165, 1.54) is 19.2 Å². The Morgan fingerprint density at radius 3 is 2.56 bits per heavy atom. The van der Waals surface area contributed by atoms with E-state index in [9.17, 15) is 9.90 Å². The molecule has 0 spiro atoms. The van der Waals surface area contributed by atoms with Crippen LogP contribution in [0.15, 0.2) is 30.4 Å². The Bertz CT molecular complexity index is 873. The molecule has 0 aromatic heterocycles. The van der Waals surface area contributed by atoms with E-state index in [4.69, 9.17) is 23.7 Å². The summed E-state index contributed by atoms with van der Waals surface area (Å²) in [6.45, 7) is 9.72. The maximum atomic E-state index is 13.1. The van der Waals surface area contributed by atoms with Crippen LogP contribution in [-0.4, -0.2) is 49.1 Å². The molecule has 0 radical (unpaired) electrons. The van der Waals surface area contributed by atoms with Crippen molar-refractivity contribution in [3.05, 3.63) is 41.5 Å². The van der Waals surface area contributed by atoms with Crippen LogP contribution in [0.1, 0.15) is 57.0 Å². The van der Waals surface area contributed by atoms with Gasteiger partial charge in [-0.25, -0.2) is 4.79 Å². The molecule has 176 valence electrons. The minimum Gasteiger partial charge on any atom is -0.508 e. The van der Waals surface area contributed by atoms with Gasteiger partial charge in [0.15, 0.2) is 12.6 Å². The monoisotopic (exact) mass is 446 g/mol. The summed E-state index contributed by atoms with van der Waals surface area (Å²) < 4.78 is 28.7. The van der Waals surface area contributed by atoms with E-state index in [0.29, 0.717) is 12.0 Å². The third kappa shape index (κ3) is 5.71. The largest absolute Gasteiger partial charge is 0.508 e. The van der Waals surface area contributed by atoms with Gasteiger partial charge >= 0.3 is 5.97 Å². The van der Waals surface area contributed by atoms with Crippen LogP contribution in [0.25, 0.3) is 6.08 Å². The summed E-state index contributed by atoms with van der Waals surface area (Å²) >= 11 is 0. The van der Waals surface area contributed by atoms with Crippen molar-refractivity contribution >= 4 is 12.0 Å². The van der Waals surface area contributed by atoms with Crippen molar-refractivity contribution in [2.75, 3.05) is 13.9 Å². The molecule has 0 saturated carbocycles. The van der Waals surface area contributed by atoms with E-state index in [-0.39, 0.29) is 54.0 Å². The lowest BCUT2D eigenvalue weighted by Gasteiger charge is -2.23. The van der Waals surface area contributed by atoms with Crippen molar-refractivity contribution < 1.29 is 33.6 Å². The van der Waals surface area contributed by atoms with E-state index >= 15 is 0 Å². The highest BCUT2D eigenvalue weighted by Gasteiger charge is 2.42. The number of phenolic OH excluding ortho intramolecular Hbond substituents is 1. The first-order valence-corrected chi connectivity index (χ1v) is 11.0. The number of rotatable bonds is 3. The third-order valence-corrected chi connectivity index (χ3v) is 5.81. The zero-order valence-corrected chi connectivity index (χ0v) is 19.7. The van der Waals surface area contributed by atoms with Crippen molar-refractivity contribution in [1.82, 2.24) is 0 Å². The lowest BCUT2D eigenvalue weighted by molar-refractivity contribution is -0.148. The van der Waals surface area contributed by atoms with Gasteiger partial charge in [-0.15, -0.1) is 0 Å². The summed E-state index contributed by atoms with van der Waals surface area (Å²) in [4.78, 5) is 13.1. The Hall–Kier alpha value is -2.35. The van der Waals surface area contributed by atoms with Crippen LogP contribution in [0.5, 0.6) is 11.5 Å². The van der Waals surface area contributed by atoms with Gasteiger partial charge in [0.25, 0.3) is 0 Å². The molecular formula is C25H34O7. The van der Waals surface area contributed by atoms with Crippen LogP contribution in [0.3, 0.4) is 0 Å². The summed E-state index contributed by atoms with van der Waals surface area (Å²) in [5, 5.41) is 10.2. The van der Waals surface area contributed by atoms with Crippen LogP contribution in [-0.2, 0) is 18.9 Å². The maximum Gasteiger partial charge on any atom is 0.342 e. The molecule has 1 saturated heterocycles. The van der Waals surface area contributed by atoms with Crippen molar-refractivity contribution in [2.45, 2.75) is 65.1 Å². The standard InChI is InChI=1S/C25H34O7/c1-15-10-11-16(2)23-20(31-25(4,5)32-23)9-7-8-18-12-19(26)13-21(29-14-28-6)22(18)24(27)30-17(15)3/h7-8,10-13,15-17,20,23,26H,9,14H2,1-6H3/b8-7+,11-10-/t15-,16?,17?,20?,23?/m1/s1. The van der Waals surface area contributed by atoms with Crippen LogP contribution in [0.2, 0.25) is 0 Å². The number of fused-ring (bicyclic) bond motifs is 2. The van der Waals surface area contributed by atoms with Crippen LogP contribution < -0.4 is 4.74 Å². The number of cyclic esters (lactones) is 1. The molecule has 4 unspecified atom stereocenters. The number of phenols is 1. The minimum absolute atomic E-state index is 0.0161. The van der Waals surface area contributed by atoms with Gasteiger partial charge in [-0.3, -0.25) is 0 Å². The molecule has 2 heterocycles. The molecular weight excluding hydrogens is 412 g/mol. The molecule has 1 aromatic rings. The van der Waals surface area contributed by atoms with Gasteiger partial charge in [-0.1, -0.05) is 38.2 Å². The number of carbonyl (C=O) groups is 1. The second-order valence-electron chi connectivity index (χ2n) is 8.95. The first kappa shape index (κ1) is 24.3. The molecule has 1 aromatic carbocycles. The summed E-state index contributed by atoms with van der Waals surface area (Å²) in [6, 6.07) is 2.90. The highest BCUT2D eigenvalue weighted by Crippen LogP contribution is 2.36. The van der Waals surface area contributed by atoms with Crippen molar-refractivity contribution in [2.24, 2.45) is 11.8 Å². The quantitative estimate of drug-likeness (QED) is 0.410. The lowest BCUT2D eigenvalue weighted by Crippen LogP contribution is -2.29. The molecule has 7 nitrogen and oxygen atoms in total. The first-order valence-electron chi connectivity index (χ1n) is 11.0. The smallest absolute Gasteiger partial charge is 0.342 e. The number of carbonyl (C=O) groups excluding carboxylic acids is 1. The normalized spacial score (nSPS) is 32.2. The van der Waals surface area contributed by atoms with Crippen molar-refractivity contribution in [3.63, 3.8) is 0 Å². The third-order valence-electron chi connectivity index (χ3n) is 5.81. The van der Waals surface area contributed by atoms with Gasteiger partial charge < -0.3 is 28.8 Å². The Morgan fingerprint density at radius 2 is 1.84 bits per heavy atom. The fraction of sp³-hybridized carbons (Fsp3) is 0.560. The first-order chi connectivity index (χ1) is 15.1. The molecule has 5 atom stereocenters. The molecule has 2 aliphatic rings. The number of esters is 1. The average molecular weight is 447 g/mol. The molecule has 0 amide bonds. The van der Waals surface area contributed by atoms with Crippen molar-refractivity contribution in [1.29, 1.82) is 0 Å². The second kappa shape index (κ2) is 10.1. The Balaban J connectivity index is 2.04. The van der Waals surface area contributed by atoms with Gasteiger partial charge in [-0.2, -0.15) is 0 Å². The molecule has 7 heteroatoms. The number of methoxy groups -OCH3 is 1. The van der Waals surface area contributed by atoms with E-state index in [2.05, 4.69) is 19.1 Å². The molecule has 3 rings (SSSR count). The molecule has 1 N–H and O–H groups in total.